The normalized spacial score (nSPS) is 11.3. The van der Waals surface area contributed by atoms with Crippen LogP contribution in [0.25, 0.3) is 22.4 Å². The number of sulfone groups is 1. The Hall–Kier alpha value is -2.94. The number of hydrogen-bond donors (Lipinski definition) is 2. The molecule has 0 saturated heterocycles. The number of aromatic nitrogens is 1. The summed E-state index contributed by atoms with van der Waals surface area (Å²) in [6.45, 7) is -0.170. The van der Waals surface area contributed by atoms with Crippen LogP contribution in [-0.4, -0.2) is 36.0 Å². The van der Waals surface area contributed by atoms with Gasteiger partial charge in [-0.1, -0.05) is 41.9 Å². The van der Waals surface area contributed by atoms with Gasteiger partial charge >= 0.3 is 6.03 Å². The number of hydroxylamine groups is 2. The predicted octanol–water partition coefficient (Wildman–Crippen LogP) is 3.74. The van der Waals surface area contributed by atoms with Crippen LogP contribution in [0.15, 0.2) is 65.7 Å². The molecule has 2 amide bonds. The Morgan fingerprint density at radius 3 is 2.41 bits per heavy atom. The van der Waals surface area contributed by atoms with E-state index in [0.717, 1.165) is 11.8 Å². The highest BCUT2D eigenvalue weighted by molar-refractivity contribution is 7.90. The van der Waals surface area contributed by atoms with Gasteiger partial charge in [0.25, 0.3) is 0 Å². The van der Waals surface area contributed by atoms with Crippen LogP contribution in [0.2, 0.25) is 5.02 Å². The standard InChI is InChI=1S/C20H18ClN3O4S/c1-29(27,28)18-5-3-2-4-16(18)19-17(14-6-8-15(21)9-7-14)10-13(11-23-19)12-24(26)20(22)25/h2-11,26H,12H2,1H3,(H2,22,25). The van der Waals surface area contributed by atoms with Crippen molar-refractivity contribution in [2.45, 2.75) is 11.4 Å². The largest absolute Gasteiger partial charge is 0.350 e. The first-order valence-corrected chi connectivity index (χ1v) is 10.7. The molecule has 2 aromatic carbocycles. The van der Waals surface area contributed by atoms with Gasteiger partial charge in [0.15, 0.2) is 9.84 Å². The second kappa shape index (κ2) is 8.20. The first-order valence-electron chi connectivity index (χ1n) is 8.47. The lowest BCUT2D eigenvalue weighted by Crippen LogP contribution is -2.32. The number of carbonyl (C=O) groups is 1. The molecule has 3 rings (SSSR count). The highest BCUT2D eigenvalue weighted by Gasteiger charge is 2.19. The van der Waals surface area contributed by atoms with E-state index >= 15 is 0 Å². The van der Waals surface area contributed by atoms with Crippen LogP contribution in [0.4, 0.5) is 4.79 Å². The molecule has 150 valence electrons. The Morgan fingerprint density at radius 1 is 1.14 bits per heavy atom. The van der Waals surface area contributed by atoms with Crippen molar-refractivity contribution in [2.75, 3.05) is 6.26 Å². The lowest BCUT2D eigenvalue weighted by atomic mass is 9.98. The third-order valence-corrected chi connectivity index (χ3v) is 5.63. The number of pyridine rings is 1. The van der Waals surface area contributed by atoms with Gasteiger partial charge < -0.3 is 5.73 Å². The molecule has 0 unspecified atom stereocenters. The summed E-state index contributed by atoms with van der Waals surface area (Å²) in [7, 11) is -3.50. The third-order valence-electron chi connectivity index (χ3n) is 4.23. The summed E-state index contributed by atoms with van der Waals surface area (Å²) in [4.78, 5) is 15.7. The zero-order chi connectivity index (χ0) is 21.2. The SMILES string of the molecule is CS(=O)(=O)c1ccccc1-c1ncc(CN(O)C(N)=O)cc1-c1ccc(Cl)cc1. The van der Waals surface area contributed by atoms with Crippen molar-refractivity contribution in [3.05, 3.63) is 71.4 Å². The van der Waals surface area contributed by atoms with Gasteiger partial charge in [0, 0.05) is 28.6 Å². The molecule has 0 aliphatic rings. The van der Waals surface area contributed by atoms with E-state index in [0.29, 0.717) is 32.5 Å². The quantitative estimate of drug-likeness (QED) is 0.471. The van der Waals surface area contributed by atoms with E-state index in [1.165, 1.54) is 12.3 Å². The summed E-state index contributed by atoms with van der Waals surface area (Å²) in [6, 6.07) is 14.3. The minimum absolute atomic E-state index is 0.149. The molecule has 1 aromatic heterocycles. The number of rotatable bonds is 5. The third kappa shape index (κ3) is 4.73. The van der Waals surface area contributed by atoms with Crippen LogP contribution in [0, 0.1) is 0 Å². The van der Waals surface area contributed by atoms with Crippen LogP contribution in [0.3, 0.4) is 0 Å². The highest BCUT2D eigenvalue weighted by atomic mass is 35.5. The number of nitrogens with zero attached hydrogens (tertiary/aromatic N) is 2. The Labute approximate surface area is 173 Å². The molecule has 9 heteroatoms. The van der Waals surface area contributed by atoms with E-state index in [-0.39, 0.29) is 11.4 Å². The lowest BCUT2D eigenvalue weighted by molar-refractivity contribution is -0.0471. The van der Waals surface area contributed by atoms with E-state index in [4.69, 9.17) is 17.3 Å². The van der Waals surface area contributed by atoms with Crippen molar-refractivity contribution in [1.29, 1.82) is 0 Å². The average molecular weight is 432 g/mol. The summed E-state index contributed by atoms with van der Waals surface area (Å²) in [6.07, 6.45) is 2.60. The molecule has 0 saturated carbocycles. The van der Waals surface area contributed by atoms with Gasteiger partial charge in [0.2, 0.25) is 0 Å². The van der Waals surface area contributed by atoms with Crippen LogP contribution in [-0.2, 0) is 16.4 Å². The number of amides is 2. The van der Waals surface area contributed by atoms with Crippen molar-refractivity contribution in [3.63, 3.8) is 0 Å². The number of halogens is 1. The molecule has 0 atom stereocenters. The summed E-state index contributed by atoms with van der Waals surface area (Å²) in [5.74, 6) is 0. The minimum Gasteiger partial charge on any atom is -0.350 e. The molecule has 1 heterocycles. The monoisotopic (exact) mass is 431 g/mol. The van der Waals surface area contributed by atoms with Gasteiger partial charge in [-0.2, -0.15) is 0 Å². The summed E-state index contributed by atoms with van der Waals surface area (Å²) in [5.41, 5.74) is 7.84. The molecule has 3 aromatic rings. The fourth-order valence-corrected chi connectivity index (χ4v) is 3.91. The zero-order valence-corrected chi connectivity index (χ0v) is 17.0. The molecule has 0 aliphatic carbocycles. The topological polar surface area (TPSA) is 114 Å². The molecule has 0 fully saturated rings. The predicted molar refractivity (Wildman–Crippen MR) is 110 cm³/mol. The first kappa shape index (κ1) is 20.8. The summed E-state index contributed by atoms with van der Waals surface area (Å²) in [5, 5.41) is 10.6. The second-order valence-electron chi connectivity index (χ2n) is 6.41. The molecule has 3 N–H and O–H groups in total. The van der Waals surface area contributed by atoms with E-state index in [2.05, 4.69) is 4.98 Å². The van der Waals surface area contributed by atoms with E-state index < -0.39 is 15.9 Å². The smallest absolute Gasteiger partial charge is 0.338 e. The Balaban J connectivity index is 2.22. The number of carbonyl (C=O) groups excluding carboxylic acids is 1. The van der Waals surface area contributed by atoms with Crippen LogP contribution >= 0.6 is 11.6 Å². The molecule has 29 heavy (non-hydrogen) atoms. The van der Waals surface area contributed by atoms with E-state index in [9.17, 15) is 18.4 Å². The average Bonchev–Trinajstić information content (AvgIpc) is 2.68. The Bertz CT molecular complexity index is 1160. The fraction of sp³-hybridized carbons (Fsp3) is 0.100. The lowest BCUT2D eigenvalue weighted by Gasteiger charge is -2.16. The first-order chi connectivity index (χ1) is 13.7. The molecule has 0 aliphatic heterocycles. The summed E-state index contributed by atoms with van der Waals surface area (Å²) >= 11 is 5.99. The van der Waals surface area contributed by atoms with Gasteiger partial charge in [-0.3, -0.25) is 10.2 Å². The molecule has 7 nitrogen and oxygen atoms in total. The van der Waals surface area contributed by atoms with E-state index in [1.807, 2.05) is 0 Å². The minimum atomic E-state index is -3.50. The van der Waals surface area contributed by atoms with Gasteiger partial charge in [-0.05, 0) is 35.4 Å². The van der Waals surface area contributed by atoms with E-state index in [1.54, 1.807) is 48.5 Å². The van der Waals surface area contributed by atoms with Crippen molar-refractivity contribution in [1.82, 2.24) is 10.0 Å². The van der Waals surface area contributed by atoms with Crippen molar-refractivity contribution in [3.8, 4) is 22.4 Å². The number of nitrogens with two attached hydrogens (primary N) is 1. The summed E-state index contributed by atoms with van der Waals surface area (Å²) < 4.78 is 24.5. The maximum atomic E-state index is 12.3. The Kier molecular flexibility index (Phi) is 5.88. The van der Waals surface area contributed by atoms with Crippen LogP contribution in [0.5, 0.6) is 0 Å². The number of hydrogen-bond acceptors (Lipinski definition) is 5. The molecule has 0 radical (unpaired) electrons. The van der Waals surface area contributed by atoms with Gasteiger partial charge in [-0.15, -0.1) is 0 Å². The van der Waals surface area contributed by atoms with Crippen molar-refractivity contribution >= 4 is 27.5 Å². The van der Waals surface area contributed by atoms with Gasteiger partial charge in [-0.25, -0.2) is 18.3 Å². The molecule has 0 bridgehead atoms. The number of benzene rings is 2. The van der Waals surface area contributed by atoms with Crippen LogP contribution < -0.4 is 5.73 Å². The van der Waals surface area contributed by atoms with Crippen LogP contribution in [0.1, 0.15) is 5.56 Å². The van der Waals surface area contributed by atoms with Crippen molar-refractivity contribution in [2.24, 2.45) is 5.73 Å². The zero-order valence-electron chi connectivity index (χ0n) is 15.4. The number of urea groups is 1. The Morgan fingerprint density at radius 2 is 1.79 bits per heavy atom. The maximum absolute atomic E-state index is 12.3. The fourth-order valence-electron chi connectivity index (χ4n) is 2.90. The highest BCUT2D eigenvalue weighted by Crippen LogP contribution is 2.35. The molecular formula is C20H18ClN3O4S. The molecular weight excluding hydrogens is 414 g/mol. The maximum Gasteiger partial charge on any atom is 0.338 e. The number of primary amides is 1. The van der Waals surface area contributed by atoms with Gasteiger partial charge in [0.05, 0.1) is 17.1 Å². The second-order valence-corrected chi connectivity index (χ2v) is 8.83. The van der Waals surface area contributed by atoms with Crippen molar-refractivity contribution < 1.29 is 18.4 Å². The van der Waals surface area contributed by atoms with Gasteiger partial charge in [0.1, 0.15) is 0 Å². The molecule has 0 spiro atoms.